The normalized spacial score (nSPS) is 10.3. The van der Waals surface area contributed by atoms with Crippen molar-refractivity contribution in [2.75, 3.05) is 7.11 Å². The Hall–Kier alpha value is -1.94. The van der Waals surface area contributed by atoms with Gasteiger partial charge in [0.15, 0.2) is 5.82 Å². The summed E-state index contributed by atoms with van der Waals surface area (Å²) < 4.78 is 5.21. The molecule has 4 heteroatoms. The van der Waals surface area contributed by atoms with Crippen LogP contribution >= 0.6 is 0 Å². The molecule has 0 aliphatic heterocycles. The lowest BCUT2D eigenvalue weighted by atomic mass is 10.1. The molecule has 1 aromatic carbocycles. The van der Waals surface area contributed by atoms with E-state index in [2.05, 4.69) is 9.97 Å². The zero-order chi connectivity index (χ0) is 12.3. The average Bonchev–Trinajstić information content (AvgIpc) is 2.39. The van der Waals surface area contributed by atoms with E-state index in [9.17, 15) is 0 Å². The van der Waals surface area contributed by atoms with Crippen molar-refractivity contribution in [3.63, 3.8) is 0 Å². The summed E-state index contributed by atoms with van der Waals surface area (Å²) >= 11 is 0. The maximum absolute atomic E-state index is 5.50. The van der Waals surface area contributed by atoms with Crippen LogP contribution in [-0.2, 0) is 6.54 Å². The zero-order valence-corrected chi connectivity index (χ0v) is 9.97. The molecule has 2 aromatic rings. The molecule has 17 heavy (non-hydrogen) atoms. The summed E-state index contributed by atoms with van der Waals surface area (Å²) in [5.74, 6) is 1.57. The molecule has 0 aliphatic rings. The SMILES string of the molecule is COc1ccc(-c2ncc(CN)cn2)cc1C. The third-order valence-electron chi connectivity index (χ3n) is 2.59. The van der Waals surface area contributed by atoms with Crippen molar-refractivity contribution in [1.82, 2.24) is 9.97 Å². The molecule has 88 valence electrons. The van der Waals surface area contributed by atoms with Gasteiger partial charge in [-0.15, -0.1) is 0 Å². The maximum Gasteiger partial charge on any atom is 0.159 e. The first kappa shape index (κ1) is 11.5. The van der Waals surface area contributed by atoms with Crippen molar-refractivity contribution in [2.24, 2.45) is 5.73 Å². The maximum atomic E-state index is 5.50. The fourth-order valence-electron chi connectivity index (χ4n) is 1.63. The molecule has 0 aliphatic carbocycles. The second kappa shape index (κ2) is 4.93. The van der Waals surface area contributed by atoms with Gasteiger partial charge in [-0.1, -0.05) is 0 Å². The molecule has 0 spiro atoms. The van der Waals surface area contributed by atoms with Gasteiger partial charge < -0.3 is 10.5 Å². The summed E-state index contributed by atoms with van der Waals surface area (Å²) in [6.45, 7) is 2.46. The van der Waals surface area contributed by atoms with E-state index in [1.54, 1.807) is 19.5 Å². The molecule has 0 amide bonds. The van der Waals surface area contributed by atoms with Crippen molar-refractivity contribution < 1.29 is 4.74 Å². The number of nitrogens with two attached hydrogens (primary N) is 1. The molecule has 2 N–H and O–H groups in total. The number of methoxy groups -OCH3 is 1. The van der Waals surface area contributed by atoms with Gasteiger partial charge in [0.05, 0.1) is 7.11 Å². The molecule has 0 radical (unpaired) electrons. The highest BCUT2D eigenvalue weighted by Crippen LogP contribution is 2.23. The highest BCUT2D eigenvalue weighted by molar-refractivity contribution is 5.58. The molecule has 0 saturated heterocycles. The lowest BCUT2D eigenvalue weighted by Crippen LogP contribution is -1.99. The average molecular weight is 229 g/mol. The lowest BCUT2D eigenvalue weighted by molar-refractivity contribution is 0.412. The van der Waals surface area contributed by atoms with Crippen LogP contribution in [0.2, 0.25) is 0 Å². The Morgan fingerprint density at radius 3 is 2.47 bits per heavy atom. The smallest absolute Gasteiger partial charge is 0.159 e. The highest BCUT2D eigenvalue weighted by Gasteiger charge is 2.04. The van der Waals surface area contributed by atoms with Crippen LogP contribution in [0.25, 0.3) is 11.4 Å². The van der Waals surface area contributed by atoms with E-state index in [0.717, 1.165) is 22.4 Å². The van der Waals surface area contributed by atoms with Crippen LogP contribution in [-0.4, -0.2) is 17.1 Å². The third kappa shape index (κ3) is 2.42. The summed E-state index contributed by atoms with van der Waals surface area (Å²) in [5, 5.41) is 0. The number of benzene rings is 1. The number of nitrogens with zero attached hydrogens (tertiary/aromatic N) is 2. The monoisotopic (exact) mass is 229 g/mol. The van der Waals surface area contributed by atoms with Gasteiger partial charge in [0, 0.05) is 30.1 Å². The van der Waals surface area contributed by atoms with Crippen molar-refractivity contribution in [3.05, 3.63) is 41.7 Å². The number of aryl methyl sites for hydroxylation is 1. The summed E-state index contributed by atoms with van der Waals surface area (Å²) in [4.78, 5) is 8.57. The lowest BCUT2D eigenvalue weighted by Gasteiger charge is -2.06. The highest BCUT2D eigenvalue weighted by atomic mass is 16.5. The van der Waals surface area contributed by atoms with Gasteiger partial charge in [0.25, 0.3) is 0 Å². The number of rotatable bonds is 3. The molecule has 1 aromatic heterocycles. The van der Waals surface area contributed by atoms with E-state index < -0.39 is 0 Å². The molecule has 0 saturated carbocycles. The number of hydrogen-bond acceptors (Lipinski definition) is 4. The van der Waals surface area contributed by atoms with Crippen molar-refractivity contribution >= 4 is 0 Å². The van der Waals surface area contributed by atoms with Gasteiger partial charge in [-0.25, -0.2) is 9.97 Å². The summed E-state index contributed by atoms with van der Waals surface area (Å²) in [6, 6.07) is 5.88. The molecule has 4 nitrogen and oxygen atoms in total. The van der Waals surface area contributed by atoms with Crippen LogP contribution < -0.4 is 10.5 Å². The Bertz CT molecular complexity index is 509. The molecular formula is C13H15N3O. The van der Waals surface area contributed by atoms with E-state index in [1.807, 2.05) is 25.1 Å². The molecular weight excluding hydrogens is 214 g/mol. The van der Waals surface area contributed by atoms with E-state index in [-0.39, 0.29) is 0 Å². The first-order valence-corrected chi connectivity index (χ1v) is 5.40. The topological polar surface area (TPSA) is 61.0 Å². The second-order valence-corrected chi connectivity index (χ2v) is 3.80. The van der Waals surface area contributed by atoms with Crippen LogP contribution in [0.1, 0.15) is 11.1 Å². The molecule has 0 fully saturated rings. The molecule has 0 unspecified atom stereocenters. The summed E-state index contributed by atoms with van der Waals surface area (Å²) in [7, 11) is 1.66. The summed E-state index contributed by atoms with van der Waals surface area (Å²) in [6.07, 6.45) is 3.50. The number of hydrogen-bond donors (Lipinski definition) is 1. The molecule has 1 heterocycles. The predicted octanol–water partition coefficient (Wildman–Crippen LogP) is 1.92. The largest absolute Gasteiger partial charge is 0.496 e. The second-order valence-electron chi connectivity index (χ2n) is 3.80. The van der Waals surface area contributed by atoms with Crippen LogP contribution in [0, 0.1) is 6.92 Å². The standard InChI is InChI=1S/C13H15N3O/c1-9-5-11(3-4-12(9)17-2)13-15-7-10(6-14)8-16-13/h3-5,7-8H,6,14H2,1-2H3. The first-order valence-electron chi connectivity index (χ1n) is 5.40. The van der Waals surface area contributed by atoms with E-state index in [0.29, 0.717) is 12.4 Å². The van der Waals surface area contributed by atoms with Crippen LogP contribution in [0.3, 0.4) is 0 Å². The van der Waals surface area contributed by atoms with Gasteiger partial charge in [-0.3, -0.25) is 0 Å². The van der Waals surface area contributed by atoms with Gasteiger partial charge in [-0.05, 0) is 30.7 Å². The zero-order valence-electron chi connectivity index (χ0n) is 9.97. The van der Waals surface area contributed by atoms with Gasteiger partial charge >= 0.3 is 0 Å². The van der Waals surface area contributed by atoms with Gasteiger partial charge in [0.1, 0.15) is 5.75 Å². The molecule has 0 atom stereocenters. The van der Waals surface area contributed by atoms with Crippen LogP contribution in [0.5, 0.6) is 5.75 Å². The van der Waals surface area contributed by atoms with Crippen LogP contribution in [0.4, 0.5) is 0 Å². The fraction of sp³-hybridized carbons (Fsp3) is 0.231. The van der Waals surface area contributed by atoms with Gasteiger partial charge in [-0.2, -0.15) is 0 Å². The van der Waals surface area contributed by atoms with E-state index in [4.69, 9.17) is 10.5 Å². The molecule has 2 rings (SSSR count). The predicted molar refractivity (Wildman–Crippen MR) is 66.6 cm³/mol. The summed E-state index contributed by atoms with van der Waals surface area (Å²) in [5.41, 5.74) is 8.48. The Labute approximate surface area is 100 Å². The quantitative estimate of drug-likeness (QED) is 0.873. The Kier molecular flexibility index (Phi) is 3.35. The minimum Gasteiger partial charge on any atom is -0.496 e. The Balaban J connectivity index is 2.35. The number of aromatic nitrogens is 2. The fourth-order valence-corrected chi connectivity index (χ4v) is 1.63. The van der Waals surface area contributed by atoms with E-state index >= 15 is 0 Å². The Morgan fingerprint density at radius 2 is 1.94 bits per heavy atom. The minimum atomic E-state index is 0.460. The number of ether oxygens (including phenoxy) is 1. The van der Waals surface area contributed by atoms with Crippen LogP contribution in [0.15, 0.2) is 30.6 Å². The molecule has 0 bridgehead atoms. The van der Waals surface area contributed by atoms with E-state index in [1.165, 1.54) is 0 Å². The minimum absolute atomic E-state index is 0.460. The Morgan fingerprint density at radius 1 is 1.24 bits per heavy atom. The van der Waals surface area contributed by atoms with Gasteiger partial charge in [0.2, 0.25) is 0 Å². The first-order chi connectivity index (χ1) is 8.24. The van der Waals surface area contributed by atoms with Crippen molar-refractivity contribution in [2.45, 2.75) is 13.5 Å². The van der Waals surface area contributed by atoms with Crippen molar-refractivity contribution in [1.29, 1.82) is 0 Å². The van der Waals surface area contributed by atoms with Crippen molar-refractivity contribution in [3.8, 4) is 17.1 Å². The third-order valence-corrected chi connectivity index (χ3v) is 2.59.